The summed E-state index contributed by atoms with van der Waals surface area (Å²) < 4.78 is 32.2. The van der Waals surface area contributed by atoms with E-state index in [4.69, 9.17) is 10.5 Å². The van der Waals surface area contributed by atoms with Gasteiger partial charge in [0.1, 0.15) is 11.6 Å². The molecule has 0 saturated carbocycles. The Balaban J connectivity index is 1.70. The number of ether oxygens (including phenoxy) is 1. The average molecular weight is 386 g/mol. The summed E-state index contributed by atoms with van der Waals surface area (Å²) in [4.78, 5) is 12.7. The van der Waals surface area contributed by atoms with Crippen molar-refractivity contribution in [2.45, 2.75) is 6.29 Å². The van der Waals surface area contributed by atoms with Gasteiger partial charge in [0, 0.05) is 24.5 Å². The van der Waals surface area contributed by atoms with E-state index in [-0.39, 0.29) is 17.6 Å². The Kier molecular flexibility index (Phi) is 5.07. The molecular weight excluding hydrogens is 366 g/mol. The Morgan fingerprint density at radius 1 is 0.964 bits per heavy atom. The van der Waals surface area contributed by atoms with Crippen molar-refractivity contribution >= 4 is 23.3 Å². The fourth-order valence-electron chi connectivity index (χ4n) is 3.11. The maximum atomic E-state index is 13.5. The average Bonchev–Trinajstić information content (AvgIpc) is 2.71. The molecule has 28 heavy (non-hydrogen) atoms. The Morgan fingerprint density at radius 2 is 1.57 bits per heavy atom. The summed E-state index contributed by atoms with van der Waals surface area (Å²) in [5, 5.41) is 3.23. The number of halogens is 2. The van der Waals surface area contributed by atoms with E-state index in [1.807, 2.05) is 9.80 Å². The molecule has 3 N–H and O–H groups in total. The molecule has 1 saturated heterocycles. The summed E-state index contributed by atoms with van der Waals surface area (Å²) >= 11 is 0. The van der Waals surface area contributed by atoms with Crippen LogP contribution in [0.25, 0.3) is 0 Å². The number of hydrogen-bond donors (Lipinski definition) is 2. The van der Waals surface area contributed by atoms with Gasteiger partial charge in [-0.3, -0.25) is 4.90 Å². The number of aliphatic imine (C=N–C) groups is 2. The van der Waals surface area contributed by atoms with Gasteiger partial charge in [0.15, 0.2) is 0 Å². The molecule has 1 unspecified atom stereocenters. The van der Waals surface area contributed by atoms with Gasteiger partial charge in [0.25, 0.3) is 0 Å². The Hall–Kier alpha value is -3.20. The van der Waals surface area contributed by atoms with E-state index >= 15 is 0 Å². The molecule has 9 heteroatoms. The molecule has 0 amide bonds. The van der Waals surface area contributed by atoms with Crippen molar-refractivity contribution in [2.24, 2.45) is 15.7 Å². The summed E-state index contributed by atoms with van der Waals surface area (Å²) in [6, 6.07) is 12.0. The monoisotopic (exact) mass is 386 g/mol. The van der Waals surface area contributed by atoms with Crippen molar-refractivity contribution in [3.63, 3.8) is 0 Å². The number of benzene rings is 2. The maximum absolute atomic E-state index is 13.5. The lowest BCUT2D eigenvalue weighted by atomic mass is 10.2. The Labute approximate surface area is 161 Å². The zero-order valence-electron chi connectivity index (χ0n) is 15.1. The van der Waals surface area contributed by atoms with Gasteiger partial charge in [-0.2, -0.15) is 4.99 Å². The first kappa shape index (κ1) is 18.2. The van der Waals surface area contributed by atoms with Crippen LogP contribution in [0.5, 0.6) is 0 Å². The molecule has 1 fully saturated rings. The fourth-order valence-corrected chi connectivity index (χ4v) is 3.11. The highest BCUT2D eigenvalue weighted by Crippen LogP contribution is 2.25. The van der Waals surface area contributed by atoms with Gasteiger partial charge in [-0.05, 0) is 48.5 Å². The molecule has 0 aliphatic carbocycles. The van der Waals surface area contributed by atoms with Crippen LogP contribution in [0.3, 0.4) is 0 Å². The Bertz CT molecular complexity index is 878. The normalized spacial score (nSPS) is 19.9. The second-order valence-electron chi connectivity index (χ2n) is 6.37. The largest absolute Gasteiger partial charge is 0.378 e. The molecule has 146 valence electrons. The number of nitrogens with zero attached hydrogens (tertiary/aromatic N) is 4. The zero-order valence-corrected chi connectivity index (χ0v) is 15.1. The van der Waals surface area contributed by atoms with Crippen molar-refractivity contribution in [1.82, 2.24) is 4.90 Å². The molecular formula is C19H20F2N6O. The van der Waals surface area contributed by atoms with Crippen LogP contribution in [0, 0.1) is 11.6 Å². The smallest absolute Gasteiger partial charge is 0.222 e. The maximum Gasteiger partial charge on any atom is 0.222 e. The molecule has 4 rings (SSSR count). The molecule has 1 atom stereocenters. The number of hydrogen-bond acceptors (Lipinski definition) is 7. The van der Waals surface area contributed by atoms with Gasteiger partial charge >= 0.3 is 0 Å². The summed E-state index contributed by atoms with van der Waals surface area (Å²) in [6.07, 6.45) is -0.633. The molecule has 2 aromatic carbocycles. The van der Waals surface area contributed by atoms with Crippen molar-refractivity contribution in [3.05, 3.63) is 60.2 Å². The van der Waals surface area contributed by atoms with Gasteiger partial charge in [-0.1, -0.05) is 0 Å². The molecule has 0 radical (unpaired) electrons. The van der Waals surface area contributed by atoms with Gasteiger partial charge in [0.05, 0.1) is 13.2 Å². The van der Waals surface area contributed by atoms with E-state index < -0.39 is 6.29 Å². The van der Waals surface area contributed by atoms with Crippen LogP contribution >= 0.6 is 0 Å². The van der Waals surface area contributed by atoms with E-state index in [1.54, 1.807) is 24.3 Å². The lowest BCUT2D eigenvalue weighted by molar-refractivity contribution is 0.0671. The Morgan fingerprint density at radius 3 is 2.21 bits per heavy atom. The standard InChI is InChI=1S/C19H20F2N6O/c20-13-1-5-15(6-2-13)23-18-24-17(22)25-19(26-9-11-28-12-10-26)27(18)16-7-3-14(21)4-8-16/h1-8,18,23H,9-12H2,(H2,22,24). The van der Waals surface area contributed by atoms with E-state index in [9.17, 15) is 8.78 Å². The van der Waals surface area contributed by atoms with E-state index in [1.165, 1.54) is 24.3 Å². The number of guanidine groups is 2. The summed E-state index contributed by atoms with van der Waals surface area (Å²) in [5.74, 6) is 0.0568. The minimum absolute atomic E-state index is 0.125. The molecule has 2 heterocycles. The van der Waals surface area contributed by atoms with Crippen LogP contribution in [0.15, 0.2) is 58.5 Å². The second-order valence-corrected chi connectivity index (χ2v) is 6.37. The van der Waals surface area contributed by atoms with E-state index in [0.717, 1.165) is 0 Å². The topological polar surface area (TPSA) is 78.5 Å². The number of morpholine rings is 1. The predicted octanol–water partition coefficient (Wildman–Crippen LogP) is 2.18. The molecule has 2 aliphatic rings. The SMILES string of the molecule is NC1=NC(Nc2ccc(F)cc2)N(c2ccc(F)cc2)C(N2CCOCC2)=N1. The van der Waals surface area contributed by atoms with Gasteiger partial charge in [-0.15, -0.1) is 0 Å². The van der Waals surface area contributed by atoms with E-state index in [0.29, 0.717) is 43.6 Å². The predicted molar refractivity (Wildman–Crippen MR) is 104 cm³/mol. The highest BCUT2D eigenvalue weighted by atomic mass is 19.1. The lowest BCUT2D eigenvalue weighted by Crippen LogP contribution is -2.57. The highest BCUT2D eigenvalue weighted by Gasteiger charge is 2.32. The third-order valence-corrected chi connectivity index (χ3v) is 4.47. The lowest BCUT2D eigenvalue weighted by Gasteiger charge is -2.41. The number of anilines is 2. The number of rotatable bonds is 3. The van der Waals surface area contributed by atoms with Crippen LogP contribution < -0.4 is 16.0 Å². The van der Waals surface area contributed by atoms with E-state index in [2.05, 4.69) is 15.3 Å². The minimum atomic E-state index is -0.633. The van der Waals surface area contributed by atoms with Crippen molar-refractivity contribution in [1.29, 1.82) is 0 Å². The molecule has 0 spiro atoms. The molecule has 0 bridgehead atoms. The summed E-state index contributed by atoms with van der Waals surface area (Å²) in [6.45, 7) is 2.44. The van der Waals surface area contributed by atoms with Crippen LogP contribution in [-0.2, 0) is 4.74 Å². The van der Waals surface area contributed by atoms with Crippen LogP contribution in [-0.4, -0.2) is 49.4 Å². The van der Waals surface area contributed by atoms with Crippen LogP contribution in [0.1, 0.15) is 0 Å². The molecule has 2 aromatic rings. The van der Waals surface area contributed by atoms with Crippen molar-refractivity contribution in [2.75, 3.05) is 36.5 Å². The van der Waals surface area contributed by atoms with Crippen LogP contribution in [0.4, 0.5) is 20.2 Å². The summed E-state index contributed by atoms with van der Waals surface area (Å²) in [5.41, 5.74) is 7.34. The summed E-state index contributed by atoms with van der Waals surface area (Å²) in [7, 11) is 0. The first-order valence-corrected chi connectivity index (χ1v) is 8.92. The zero-order chi connectivity index (χ0) is 19.5. The molecule has 0 aromatic heterocycles. The first-order valence-electron chi connectivity index (χ1n) is 8.92. The van der Waals surface area contributed by atoms with Crippen molar-refractivity contribution in [3.8, 4) is 0 Å². The van der Waals surface area contributed by atoms with Crippen molar-refractivity contribution < 1.29 is 13.5 Å². The first-order chi connectivity index (χ1) is 13.6. The second kappa shape index (κ2) is 7.81. The quantitative estimate of drug-likeness (QED) is 0.846. The van der Waals surface area contributed by atoms with Gasteiger partial charge in [0.2, 0.25) is 18.2 Å². The number of nitrogens with two attached hydrogens (primary N) is 1. The fraction of sp³-hybridized carbons (Fsp3) is 0.263. The van der Waals surface area contributed by atoms with Crippen LogP contribution in [0.2, 0.25) is 0 Å². The highest BCUT2D eigenvalue weighted by molar-refractivity contribution is 6.05. The number of nitrogens with one attached hydrogen (secondary N) is 1. The third kappa shape index (κ3) is 3.89. The minimum Gasteiger partial charge on any atom is -0.378 e. The third-order valence-electron chi connectivity index (χ3n) is 4.47. The molecule has 7 nitrogen and oxygen atoms in total. The van der Waals surface area contributed by atoms with Gasteiger partial charge in [-0.25, -0.2) is 13.8 Å². The molecule has 2 aliphatic heterocycles. The van der Waals surface area contributed by atoms with Gasteiger partial charge < -0.3 is 20.7 Å².